The molecule has 0 aliphatic heterocycles. The molecule has 2 nitrogen and oxygen atoms in total. The van der Waals surface area contributed by atoms with E-state index in [-0.39, 0.29) is 9.20 Å². The van der Waals surface area contributed by atoms with Gasteiger partial charge in [-0.25, -0.2) is 0 Å². The molecule has 0 heterocycles. The summed E-state index contributed by atoms with van der Waals surface area (Å²) < 4.78 is 5.03. The SMILES string of the molecule is Cc1cc(OC(=O)[C@]2(C)CC2(Br)Br)ccc1Cl. The lowest BCUT2D eigenvalue weighted by Crippen LogP contribution is -2.23. The summed E-state index contributed by atoms with van der Waals surface area (Å²) in [5.74, 6) is 0.286. The maximum atomic E-state index is 12.0. The van der Waals surface area contributed by atoms with Crippen LogP contribution >= 0.6 is 43.5 Å². The van der Waals surface area contributed by atoms with Crippen molar-refractivity contribution in [1.29, 1.82) is 0 Å². The highest BCUT2D eigenvalue weighted by Crippen LogP contribution is 2.66. The zero-order valence-electron chi connectivity index (χ0n) is 9.39. The molecule has 1 saturated carbocycles. The van der Waals surface area contributed by atoms with E-state index in [0.717, 1.165) is 5.56 Å². The fourth-order valence-electron chi connectivity index (χ4n) is 1.52. The molecule has 17 heavy (non-hydrogen) atoms. The van der Waals surface area contributed by atoms with Crippen LogP contribution in [-0.2, 0) is 4.79 Å². The highest BCUT2D eigenvalue weighted by atomic mass is 79.9. The summed E-state index contributed by atoms with van der Waals surface area (Å²) in [7, 11) is 0. The number of aryl methyl sites for hydroxylation is 1. The molecule has 0 radical (unpaired) electrons. The molecule has 0 aromatic heterocycles. The first-order valence-corrected chi connectivity index (χ1v) is 7.09. The lowest BCUT2D eigenvalue weighted by Gasteiger charge is -2.12. The molecule has 2 rings (SSSR count). The van der Waals surface area contributed by atoms with E-state index in [1.54, 1.807) is 18.2 Å². The van der Waals surface area contributed by atoms with E-state index in [4.69, 9.17) is 16.3 Å². The minimum Gasteiger partial charge on any atom is -0.426 e. The lowest BCUT2D eigenvalue weighted by atomic mass is 10.1. The molecule has 1 aliphatic carbocycles. The van der Waals surface area contributed by atoms with E-state index in [2.05, 4.69) is 31.9 Å². The topological polar surface area (TPSA) is 26.3 Å². The molecule has 1 aromatic rings. The van der Waals surface area contributed by atoms with Crippen LogP contribution in [0.25, 0.3) is 0 Å². The monoisotopic (exact) mass is 380 g/mol. The Morgan fingerprint density at radius 1 is 1.47 bits per heavy atom. The van der Waals surface area contributed by atoms with Crippen LogP contribution < -0.4 is 4.74 Å². The van der Waals surface area contributed by atoms with Gasteiger partial charge in [0.1, 0.15) is 5.75 Å². The Kier molecular flexibility index (Phi) is 3.34. The Bertz CT molecular complexity index is 487. The quantitative estimate of drug-likeness (QED) is 0.429. The third-order valence-corrected chi connectivity index (χ3v) is 5.78. The van der Waals surface area contributed by atoms with Gasteiger partial charge in [-0.15, -0.1) is 0 Å². The highest BCUT2D eigenvalue weighted by molar-refractivity contribution is 9.25. The number of hydrogen-bond acceptors (Lipinski definition) is 2. The molecule has 0 N–H and O–H groups in total. The lowest BCUT2D eigenvalue weighted by molar-refractivity contribution is -0.139. The smallest absolute Gasteiger partial charge is 0.319 e. The van der Waals surface area contributed by atoms with Gasteiger partial charge in [-0.05, 0) is 44.0 Å². The van der Waals surface area contributed by atoms with Crippen molar-refractivity contribution >= 4 is 49.4 Å². The number of rotatable bonds is 2. The van der Waals surface area contributed by atoms with Gasteiger partial charge in [-0.2, -0.15) is 0 Å². The van der Waals surface area contributed by atoms with E-state index >= 15 is 0 Å². The van der Waals surface area contributed by atoms with Gasteiger partial charge in [0.25, 0.3) is 0 Å². The normalized spacial score (nSPS) is 25.5. The van der Waals surface area contributed by atoms with Crippen molar-refractivity contribution in [3.8, 4) is 5.75 Å². The Morgan fingerprint density at radius 3 is 2.53 bits per heavy atom. The van der Waals surface area contributed by atoms with Crippen molar-refractivity contribution in [3.63, 3.8) is 0 Å². The Balaban J connectivity index is 2.12. The summed E-state index contributed by atoms with van der Waals surface area (Å²) in [6.45, 7) is 3.74. The van der Waals surface area contributed by atoms with Crippen molar-refractivity contribution < 1.29 is 9.53 Å². The molecule has 1 aromatic carbocycles. The highest BCUT2D eigenvalue weighted by Gasteiger charge is 2.68. The predicted octanol–water partition coefficient (Wildman–Crippen LogP) is 4.45. The van der Waals surface area contributed by atoms with Crippen LogP contribution in [0.2, 0.25) is 5.02 Å². The van der Waals surface area contributed by atoms with E-state index in [1.807, 2.05) is 13.8 Å². The summed E-state index contributed by atoms with van der Waals surface area (Å²) in [5.41, 5.74) is 0.377. The molecule has 92 valence electrons. The Labute approximate surface area is 122 Å². The van der Waals surface area contributed by atoms with E-state index < -0.39 is 5.41 Å². The summed E-state index contributed by atoms with van der Waals surface area (Å²) in [4.78, 5) is 12.0. The third kappa shape index (κ3) is 2.40. The minimum atomic E-state index is -0.513. The molecule has 0 saturated heterocycles. The third-order valence-electron chi connectivity index (χ3n) is 3.05. The number of benzene rings is 1. The summed E-state index contributed by atoms with van der Waals surface area (Å²) in [5, 5.41) is 0.665. The van der Waals surface area contributed by atoms with Gasteiger partial charge in [0.05, 0.1) is 8.65 Å². The van der Waals surface area contributed by atoms with Crippen molar-refractivity contribution in [2.75, 3.05) is 0 Å². The predicted molar refractivity (Wildman–Crippen MR) is 75.1 cm³/mol. The maximum Gasteiger partial charge on any atom is 0.319 e. The first kappa shape index (κ1) is 13.4. The first-order chi connectivity index (χ1) is 7.76. The van der Waals surface area contributed by atoms with Gasteiger partial charge in [0, 0.05) is 5.02 Å². The fraction of sp³-hybridized carbons (Fsp3) is 0.417. The van der Waals surface area contributed by atoms with Crippen molar-refractivity contribution in [3.05, 3.63) is 28.8 Å². The van der Waals surface area contributed by atoms with Crippen LogP contribution in [-0.4, -0.2) is 9.20 Å². The molecular weight excluding hydrogens is 371 g/mol. The number of ether oxygens (including phenoxy) is 1. The van der Waals surface area contributed by atoms with Crippen LogP contribution in [0, 0.1) is 12.3 Å². The maximum absolute atomic E-state index is 12.0. The standard InChI is InChI=1S/C12H11Br2ClO2/c1-7-5-8(3-4-9(7)15)17-10(16)11(2)6-12(11,13)14/h3-5H,6H2,1-2H3/t11-/m0/s1. The van der Waals surface area contributed by atoms with Crippen LogP contribution in [0.1, 0.15) is 18.9 Å². The van der Waals surface area contributed by atoms with E-state index in [9.17, 15) is 4.79 Å². The first-order valence-electron chi connectivity index (χ1n) is 5.12. The van der Waals surface area contributed by atoms with E-state index in [1.165, 1.54) is 0 Å². The molecule has 5 heteroatoms. The second-order valence-corrected chi connectivity index (χ2v) is 8.69. The second-order valence-electron chi connectivity index (χ2n) is 4.51. The minimum absolute atomic E-state index is 0.243. The zero-order valence-corrected chi connectivity index (χ0v) is 13.3. The number of carbonyl (C=O) groups is 1. The molecule has 0 amide bonds. The van der Waals surface area contributed by atoms with Gasteiger partial charge < -0.3 is 4.74 Å². The number of hydrogen-bond donors (Lipinski definition) is 0. The van der Waals surface area contributed by atoms with Crippen LogP contribution in [0.4, 0.5) is 0 Å². The van der Waals surface area contributed by atoms with Gasteiger partial charge >= 0.3 is 5.97 Å². The molecule has 0 bridgehead atoms. The Hall–Kier alpha value is -0.0600. The van der Waals surface area contributed by atoms with Crippen molar-refractivity contribution in [2.24, 2.45) is 5.41 Å². The Morgan fingerprint density at radius 2 is 2.06 bits per heavy atom. The molecule has 0 spiro atoms. The van der Waals surface area contributed by atoms with Gasteiger partial charge in [-0.3, -0.25) is 4.79 Å². The molecule has 0 unspecified atom stereocenters. The number of alkyl halides is 2. The van der Waals surface area contributed by atoms with Crippen molar-refractivity contribution in [1.82, 2.24) is 0 Å². The van der Waals surface area contributed by atoms with Crippen molar-refractivity contribution in [2.45, 2.75) is 23.5 Å². The van der Waals surface area contributed by atoms with Gasteiger partial charge in [0.2, 0.25) is 0 Å². The summed E-state index contributed by atoms with van der Waals surface area (Å²) >= 11 is 12.8. The van der Waals surface area contributed by atoms with Gasteiger partial charge in [0.15, 0.2) is 0 Å². The molecule has 1 aliphatic rings. The molecule has 1 atom stereocenters. The second kappa shape index (κ2) is 4.25. The zero-order chi connectivity index (χ0) is 12.8. The van der Waals surface area contributed by atoms with Crippen LogP contribution in [0.3, 0.4) is 0 Å². The molecular formula is C12H11Br2ClO2. The van der Waals surface area contributed by atoms with Crippen LogP contribution in [0.5, 0.6) is 5.75 Å². The number of halogens is 3. The van der Waals surface area contributed by atoms with E-state index in [0.29, 0.717) is 17.2 Å². The average molecular weight is 382 g/mol. The summed E-state index contributed by atoms with van der Waals surface area (Å²) in [6, 6.07) is 5.18. The largest absolute Gasteiger partial charge is 0.426 e. The molecule has 1 fully saturated rings. The van der Waals surface area contributed by atoms with Crippen LogP contribution in [0.15, 0.2) is 18.2 Å². The summed E-state index contributed by atoms with van der Waals surface area (Å²) in [6.07, 6.45) is 0.714. The van der Waals surface area contributed by atoms with Gasteiger partial charge in [-0.1, -0.05) is 43.5 Å². The average Bonchev–Trinajstić information content (AvgIpc) is 2.74. The number of esters is 1. The fourth-order valence-corrected chi connectivity index (χ4v) is 3.08. The number of carbonyl (C=O) groups excluding carboxylic acids is 1.